The number of pyridine rings is 2. The number of halogens is 3. The van der Waals surface area contributed by atoms with Crippen LogP contribution in [0.2, 0.25) is 0 Å². The number of hydrogen-bond acceptors (Lipinski definition) is 6. The zero-order valence-corrected chi connectivity index (χ0v) is 17.5. The van der Waals surface area contributed by atoms with E-state index in [4.69, 9.17) is 16.2 Å². The van der Waals surface area contributed by atoms with Crippen LogP contribution < -0.4 is 16.2 Å². The number of aromatic nitrogens is 4. The maximum Gasteiger partial charge on any atom is 0.422 e. The lowest BCUT2D eigenvalue weighted by Crippen LogP contribution is -2.20. The second-order valence-corrected chi connectivity index (χ2v) is 7.52. The van der Waals surface area contributed by atoms with Gasteiger partial charge in [-0.2, -0.15) is 13.2 Å². The van der Waals surface area contributed by atoms with E-state index in [0.717, 1.165) is 16.4 Å². The SMILES string of the molecule is NC(=O)c1ccc(OCC(F)(F)F)nc1CCCCn1cnc2c(N)nc3ccccc3c21. The summed E-state index contributed by atoms with van der Waals surface area (Å²) in [7, 11) is 0. The predicted molar refractivity (Wildman–Crippen MR) is 117 cm³/mol. The van der Waals surface area contributed by atoms with Gasteiger partial charge in [-0.15, -0.1) is 0 Å². The number of fused-ring (bicyclic) bond motifs is 3. The number of amides is 1. The van der Waals surface area contributed by atoms with Crippen molar-refractivity contribution in [3.05, 3.63) is 54.0 Å². The Balaban J connectivity index is 1.48. The second-order valence-electron chi connectivity index (χ2n) is 7.52. The Labute approximate surface area is 186 Å². The normalized spacial score (nSPS) is 11.8. The van der Waals surface area contributed by atoms with Gasteiger partial charge in [0.05, 0.1) is 28.6 Å². The lowest BCUT2D eigenvalue weighted by Gasteiger charge is -2.12. The van der Waals surface area contributed by atoms with Crippen molar-refractivity contribution in [3.8, 4) is 5.88 Å². The number of alkyl halides is 3. The molecule has 3 heterocycles. The molecule has 0 aliphatic rings. The van der Waals surface area contributed by atoms with Crippen molar-refractivity contribution < 1.29 is 22.7 Å². The summed E-state index contributed by atoms with van der Waals surface area (Å²) >= 11 is 0. The average Bonchev–Trinajstić information content (AvgIpc) is 3.20. The van der Waals surface area contributed by atoms with Crippen LogP contribution in [0.25, 0.3) is 21.9 Å². The van der Waals surface area contributed by atoms with Gasteiger partial charge in [0.25, 0.3) is 5.91 Å². The Morgan fingerprint density at radius 3 is 2.64 bits per heavy atom. The largest absolute Gasteiger partial charge is 0.468 e. The van der Waals surface area contributed by atoms with Crippen LogP contribution in [-0.2, 0) is 13.0 Å². The van der Waals surface area contributed by atoms with Crippen molar-refractivity contribution in [2.45, 2.75) is 32.0 Å². The third-order valence-electron chi connectivity index (χ3n) is 5.14. The minimum Gasteiger partial charge on any atom is -0.468 e. The number of carbonyl (C=O) groups is 1. The quantitative estimate of drug-likeness (QED) is 0.389. The molecule has 0 saturated carbocycles. The lowest BCUT2D eigenvalue weighted by molar-refractivity contribution is -0.154. The van der Waals surface area contributed by atoms with Crippen LogP contribution in [0.1, 0.15) is 28.9 Å². The van der Waals surface area contributed by atoms with Crippen LogP contribution in [0.15, 0.2) is 42.7 Å². The maximum atomic E-state index is 12.4. The minimum atomic E-state index is -4.49. The van der Waals surface area contributed by atoms with Gasteiger partial charge in [0, 0.05) is 18.0 Å². The number of para-hydroxylation sites is 1. The zero-order chi connectivity index (χ0) is 23.6. The van der Waals surface area contributed by atoms with E-state index < -0.39 is 18.7 Å². The van der Waals surface area contributed by atoms with E-state index in [1.165, 1.54) is 12.1 Å². The minimum absolute atomic E-state index is 0.160. The smallest absolute Gasteiger partial charge is 0.422 e. The molecule has 1 amide bonds. The molecule has 0 bridgehead atoms. The molecule has 4 N–H and O–H groups in total. The molecule has 0 fully saturated rings. The van der Waals surface area contributed by atoms with Crippen LogP contribution in [0, 0.1) is 0 Å². The summed E-state index contributed by atoms with van der Waals surface area (Å²) in [5.74, 6) is -0.550. The number of rotatable bonds is 8. The molecule has 0 saturated heterocycles. The zero-order valence-electron chi connectivity index (χ0n) is 17.5. The van der Waals surface area contributed by atoms with Gasteiger partial charge in [0.15, 0.2) is 12.4 Å². The number of ether oxygens (including phenoxy) is 1. The molecule has 0 atom stereocenters. The number of primary amides is 1. The topological polar surface area (TPSA) is 122 Å². The van der Waals surface area contributed by atoms with E-state index in [2.05, 4.69) is 15.0 Å². The van der Waals surface area contributed by atoms with Gasteiger partial charge < -0.3 is 20.8 Å². The predicted octanol–water partition coefficient (Wildman–Crippen LogP) is 3.62. The molecule has 11 heteroatoms. The summed E-state index contributed by atoms with van der Waals surface area (Å²) in [5, 5.41) is 0.936. The Bertz CT molecular complexity index is 1320. The van der Waals surface area contributed by atoms with Gasteiger partial charge >= 0.3 is 6.18 Å². The average molecular weight is 458 g/mol. The number of aryl methyl sites for hydroxylation is 2. The third kappa shape index (κ3) is 4.97. The van der Waals surface area contributed by atoms with Gasteiger partial charge in [-0.05, 0) is 31.4 Å². The van der Waals surface area contributed by atoms with Crippen molar-refractivity contribution in [3.63, 3.8) is 0 Å². The number of carbonyl (C=O) groups excluding carboxylic acids is 1. The first-order valence-electron chi connectivity index (χ1n) is 10.2. The molecule has 4 aromatic rings. The number of nitrogens with zero attached hydrogens (tertiary/aromatic N) is 4. The Morgan fingerprint density at radius 2 is 1.88 bits per heavy atom. The summed E-state index contributed by atoms with van der Waals surface area (Å²) in [6.45, 7) is -0.852. The summed E-state index contributed by atoms with van der Waals surface area (Å²) in [4.78, 5) is 24.5. The number of hydrogen-bond donors (Lipinski definition) is 2. The molecule has 1 aromatic carbocycles. The highest BCUT2D eigenvalue weighted by molar-refractivity contribution is 6.06. The second kappa shape index (κ2) is 8.93. The highest BCUT2D eigenvalue weighted by atomic mass is 19.4. The van der Waals surface area contributed by atoms with Gasteiger partial charge in [0.2, 0.25) is 5.88 Å². The molecular formula is C22H21F3N6O2. The fourth-order valence-corrected chi connectivity index (χ4v) is 3.68. The Morgan fingerprint density at radius 1 is 1.09 bits per heavy atom. The molecule has 33 heavy (non-hydrogen) atoms. The molecule has 0 spiro atoms. The third-order valence-corrected chi connectivity index (χ3v) is 5.14. The van der Waals surface area contributed by atoms with Crippen molar-refractivity contribution in [1.29, 1.82) is 0 Å². The van der Waals surface area contributed by atoms with Crippen LogP contribution in [0.5, 0.6) is 5.88 Å². The summed E-state index contributed by atoms with van der Waals surface area (Å²) in [6.07, 6.45) is -1.14. The molecule has 172 valence electrons. The van der Waals surface area contributed by atoms with Crippen LogP contribution in [-0.4, -0.2) is 38.2 Å². The number of unbranched alkanes of at least 4 members (excludes halogenated alkanes) is 1. The summed E-state index contributed by atoms with van der Waals surface area (Å²) in [5.41, 5.74) is 14.2. The van der Waals surface area contributed by atoms with Crippen LogP contribution in [0.4, 0.5) is 19.0 Å². The Hall–Kier alpha value is -3.89. The molecule has 3 aromatic heterocycles. The monoisotopic (exact) mass is 458 g/mol. The standard InChI is InChI=1S/C22H21F3N6O2/c23-22(24,25)11-33-17-9-8-14(21(27)32)16(29-17)7-3-4-10-31-12-28-18-19(31)13-5-1-2-6-15(13)30-20(18)26/h1-2,5-6,8-9,12H,3-4,7,10-11H2,(H2,26,30)(H2,27,32). The van der Waals surface area contributed by atoms with Gasteiger partial charge in [-0.1, -0.05) is 18.2 Å². The highest BCUT2D eigenvalue weighted by Crippen LogP contribution is 2.27. The fourth-order valence-electron chi connectivity index (χ4n) is 3.68. The number of anilines is 1. The molecule has 0 radical (unpaired) electrons. The van der Waals surface area contributed by atoms with Crippen LogP contribution in [0.3, 0.4) is 0 Å². The fraction of sp³-hybridized carbons (Fsp3) is 0.273. The molecule has 0 unspecified atom stereocenters. The Kier molecular flexibility index (Phi) is 6.03. The van der Waals surface area contributed by atoms with E-state index in [-0.39, 0.29) is 11.4 Å². The number of nitrogen functional groups attached to an aromatic ring is 1. The van der Waals surface area contributed by atoms with E-state index in [0.29, 0.717) is 42.8 Å². The first kappa shape index (κ1) is 22.3. The molecule has 0 aliphatic carbocycles. The first-order chi connectivity index (χ1) is 15.7. The van der Waals surface area contributed by atoms with Crippen molar-refractivity contribution >= 4 is 33.7 Å². The molecular weight excluding hydrogens is 437 g/mol. The van der Waals surface area contributed by atoms with E-state index in [1.54, 1.807) is 6.33 Å². The van der Waals surface area contributed by atoms with Crippen molar-refractivity contribution in [2.75, 3.05) is 12.3 Å². The number of benzene rings is 1. The molecule has 0 aliphatic heterocycles. The van der Waals surface area contributed by atoms with Gasteiger partial charge in [0.1, 0.15) is 5.52 Å². The number of nitrogens with two attached hydrogens (primary N) is 2. The highest BCUT2D eigenvalue weighted by Gasteiger charge is 2.28. The first-order valence-corrected chi connectivity index (χ1v) is 10.2. The maximum absolute atomic E-state index is 12.4. The van der Waals surface area contributed by atoms with Crippen molar-refractivity contribution in [2.24, 2.45) is 5.73 Å². The lowest BCUT2D eigenvalue weighted by atomic mass is 10.1. The number of imidazole rings is 1. The summed E-state index contributed by atoms with van der Waals surface area (Å²) in [6, 6.07) is 10.2. The van der Waals surface area contributed by atoms with E-state index in [1.807, 2.05) is 28.8 Å². The van der Waals surface area contributed by atoms with Crippen molar-refractivity contribution in [1.82, 2.24) is 19.5 Å². The molecule has 8 nitrogen and oxygen atoms in total. The van der Waals surface area contributed by atoms with E-state index in [9.17, 15) is 18.0 Å². The van der Waals surface area contributed by atoms with Gasteiger partial charge in [-0.25, -0.2) is 15.0 Å². The van der Waals surface area contributed by atoms with Gasteiger partial charge in [-0.3, -0.25) is 4.79 Å². The van der Waals surface area contributed by atoms with E-state index >= 15 is 0 Å². The summed E-state index contributed by atoms with van der Waals surface area (Å²) < 4.78 is 43.9. The van der Waals surface area contributed by atoms with Crippen LogP contribution >= 0.6 is 0 Å². The molecule has 4 rings (SSSR count).